The Balaban J connectivity index is 1.32. The molecule has 0 spiro atoms. The molecule has 0 aliphatic heterocycles. The first kappa shape index (κ1) is 21.4. The van der Waals surface area contributed by atoms with Crippen molar-refractivity contribution in [3.63, 3.8) is 0 Å². The first-order valence-corrected chi connectivity index (χ1v) is 13.1. The molecule has 2 heterocycles. The van der Waals surface area contributed by atoms with Gasteiger partial charge in [-0.25, -0.2) is 9.07 Å². The summed E-state index contributed by atoms with van der Waals surface area (Å²) in [5, 5.41) is 26.5. The van der Waals surface area contributed by atoms with E-state index >= 15 is 0 Å². The summed E-state index contributed by atoms with van der Waals surface area (Å²) in [7, 11) is 0. The van der Waals surface area contributed by atoms with Crippen molar-refractivity contribution in [3.8, 4) is 6.07 Å². The number of pyridine rings is 1. The highest BCUT2D eigenvalue weighted by atomic mass is 35.5. The Hall–Kier alpha value is -3.70. The summed E-state index contributed by atoms with van der Waals surface area (Å²) in [5.74, 6) is 0.909. The van der Waals surface area contributed by atoms with Crippen LogP contribution in [0.5, 0.6) is 0 Å². The molecule has 186 valence electrons. The molecule has 37 heavy (non-hydrogen) atoms. The molecule has 3 fully saturated rings. The van der Waals surface area contributed by atoms with Crippen LogP contribution < -0.4 is 10.6 Å². The minimum absolute atomic E-state index is 0.301. The van der Waals surface area contributed by atoms with E-state index in [2.05, 4.69) is 32.0 Å². The summed E-state index contributed by atoms with van der Waals surface area (Å²) >= 11 is 6.72. The van der Waals surface area contributed by atoms with E-state index in [0.717, 1.165) is 18.5 Å². The van der Waals surface area contributed by atoms with Gasteiger partial charge in [0.25, 0.3) is 0 Å². The minimum atomic E-state index is -1.57. The molecule has 2 unspecified atom stereocenters. The van der Waals surface area contributed by atoms with E-state index in [4.69, 9.17) is 11.6 Å². The lowest BCUT2D eigenvalue weighted by molar-refractivity contribution is 0.610. The summed E-state index contributed by atoms with van der Waals surface area (Å²) in [5.41, 5.74) is 3.21. The van der Waals surface area contributed by atoms with Crippen LogP contribution in [0.2, 0.25) is 5.02 Å². The second-order valence-corrected chi connectivity index (χ2v) is 10.7. The summed E-state index contributed by atoms with van der Waals surface area (Å²) < 4.78 is 25.1. The van der Waals surface area contributed by atoms with Crippen LogP contribution >= 0.6 is 11.6 Å². The maximum absolute atomic E-state index is 13.8. The Kier molecular flexibility index (Phi) is 5.03. The van der Waals surface area contributed by atoms with Gasteiger partial charge in [0.1, 0.15) is 17.6 Å². The Morgan fingerprint density at radius 3 is 2.68 bits per heavy atom. The average Bonchev–Trinajstić information content (AvgIpc) is 3.73. The zero-order valence-corrected chi connectivity index (χ0v) is 20.7. The van der Waals surface area contributed by atoms with Crippen molar-refractivity contribution >= 4 is 33.9 Å². The number of aromatic nitrogens is 4. The Morgan fingerprint density at radius 1 is 1.16 bits per heavy atom. The number of hydrogen-bond donors (Lipinski definition) is 2. The van der Waals surface area contributed by atoms with Gasteiger partial charge in [-0.1, -0.05) is 35.4 Å². The van der Waals surface area contributed by atoms with Crippen molar-refractivity contribution in [1.82, 2.24) is 20.0 Å². The fourth-order valence-electron chi connectivity index (χ4n) is 5.73. The van der Waals surface area contributed by atoms with Crippen molar-refractivity contribution in [3.05, 3.63) is 76.5 Å². The largest absolute Gasteiger partial charge is 0.380 e. The number of nitriles is 1. The van der Waals surface area contributed by atoms with Crippen molar-refractivity contribution in [2.45, 2.75) is 50.2 Å². The van der Waals surface area contributed by atoms with Gasteiger partial charge in [0.2, 0.25) is 0 Å². The van der Waals surface area contributed by atoms with Gasteiger partial charge in [-0.3, -0.25) is 4.98 Å². The smallest absolute Gasteiger partial charge is 0.123 e. The lowest BCUT2D eigenvalue weighted by Gasteiger charge is -2.20. The second kappa shape index (κ2) is 8.70. The molecule has 3 aliphatic carbocycles. The molecule has 2 N–H and O–H groups in total. The number of nitrogens with zero attached hydrogens (tertiary/aromatic N) is 5. The monoisotopic (exact) mass is 514 g/mol. The van der Waals surface area contributed by atoms with Crippen LogP contribution in [0.25, 0.3) is 10.9 Å². The highest BCUT2D eigenvalue weighted by Crippen LogP contribution is 2.54. The van der Waals surface area contributed by atoms with Crippen LogP contribution in [0, 0.1) is 29.0 Å². The number of fused-ring (bicyclic) bond motifs is 2. The Morgan fingerprint density at radius 2 is 1.95 bits per heavy atom. The van der Waals surface area contributed by atoms with Crippen molar-refractivity contribution in [2.75, 3.05) is 10.6 Å². The highest BCUT2D eigenvalue weighted by Gasteiger charge is 2.52. The van der Waals surface area contributed by atoms with Gasteiger partial charge in [0.05, 0.1) is 41.4 Å². The van der Waals surface area contributed by atoms with E-state index in [1.54, 1.807) is 35.3 Å². The maximum Gasteiger partial charge on any atom is 0.123 e. The van der Waals surface area contributed by atoms with Crippen LogP contribution in [0.1, 0.15) is 62.4 Å². The molecule has 3 atom stereocenters. The van der Waals surface area contributed by atoms with Gasteiger partial charge in [-0.2, -0.15) is 5.26 Å². The number of rotatable bonds is 7. The van der Waals surface area contributed by atoms with Crippen LogP contribution in [-0.4, -0.2) is 26.0 Å². The normalized spacial score (nSPS) is 24.1. The van der Waals surface area contributed by atoms with Crippen molar-refractivity contribution in [1.29, 1.82) is 5.26 Å². The third kappa shape index (κ3) is 4.08. The van der Waals surface area contributed by atoms with E-state index in [-0.39, 0.29) is 5.82 Å². The predicted molar refractivity (Wildman–Crippen MR) is 140 cm³/mol. The van der Waals surface area contributed by atoms with Gasteiger partial charge < -0.3 is 10.6 Å². The maximum atomic E-state index is 13.8. The fraction of sp³-hybridized carbons (Fsp3) is 0.357. The van der Waals surface area contributed by atoms with Crippen LogP contribution in [0.3, 0.4) is 0 Å². The Labute approximate surface area is 220 Å². The zero-order chi connectivity index (χ0) is 26.0. The third-order valence-corrected chi connectivity index (χ3v) is 8.14. The lowest BCUT2D eigenvalue weighted by atomic mass is 10.0. The minimum Gasteiger partial charge on any atom is -0.380 e. The molecule has 0 saturated heterocycles. The standard InChI is InChI=1S/C28H25ClFN7/c29-23-11-18(10-22-25(16(12-31)13-32-28(22)23)34-27-20-2-1-3-21(20)27)33-26(15-4-6-17(30)7-5-15)24-14-37(36-35-24)19-8-9-19/h4-7,10-11,13-14,19-21,26-27,33H,1-3,8-9H2,(H,32,34)/t20?,21?,26-,27?/m1/s1/i26D. The molecular weight excluding hydrogens is 489 g/mol. The van der Waals surface area contributed by atoms with Gasteiger partial charge in [-0.05, 0) is 67.3 Å². The predicted octanol–water partition coefficient (Wildman–Crippen LogP) is 6.24. The zero-order valence-electron chi connectivity index (χ0n) is 21.0. The van der Waals surface area contributed by atoms with E-state index in [9.17, 15) is 11.0 Å². The number of hydrogen-bond acceptors (Lipinski definition) is 6. The third-order valence-electron chi connectivity index (χ3n) is 7.85. The molecule has 2 aromatic heterocycles. The summed E-state index contributed by atoms with van der Waals surface area (Å²) in [6, 6.07) is 10.7. The van der Waals surface area contributed by atoms with E-state index in [1.165, 1.54) is 31.4 Å². The number of halogens is 2. The molecule has 0 radical (unpaired) electrons. The number of nitrogens with one attached hydrogen (secondary N) is 2. The van der Waals surface area contributed by atoms with Gasteiger partial charge in [0, 0.05) is 23.3 Å². The van der Waals surface area contributed by atoms with E-state index in [1.807, 2.05) is 6.07 Å². The topological polar surface area (TPSA) is 91.5 Å². The quantitative estimate of drug-likeness (QED) is 0.303. The highest BCUT2D eigenvalue weighted by molar-refractivity contribution is 6.35. The van der Waals surface area contributed by atoms with Gasteiger partial charge in [-0.15, -0.1) is 5.10 Å². The van der Waals surface area contributed by atoms with E-state index in [0.29, 0.717) is 62.4 Å². The van der Waals surface area contributed by atoms with Gasteiger partial charge >= 0.3 is 0 Å². The molecule has 4 aromatic rings. The lowest BCUT2D eigenvalue weighted by Crippen LogP contribution is -2.14. The first-order valence-electron chi connectivity index (χ1n) is 13.2. The van der Waals surface area contributed by atoms with E-state index < -0.39 is 6.02 Å². The summed E-state index contributed by atoms with van der Waals surface area (Å²) in [4.78, 5) is 4.47. The average molecular weight is 515 g/mol. The van der Waals surface area contributed by atoms with Crippen LogP contribution in [0.15, 0.2) is 48.8 Å². The molecular formula is C28H25ClFN7. The fourth-order valence-corrected chi connectivity index (χ4v) is 6.00. The number of benzene rings is 2. The molecule has 3 saturated carbocycles. The van der Waals surface area contributed by atoms with Crippen LogP contribution in [0.4, 0.5) is 15.8 Å². The number of anilines is 2. The molecule has 0 amide bonds. The SMILES string of the molecule is [2H][C@@](Nc1cc(Cl)c2ncc(C#N)c(NC3C4CCCC43)c2c1)(c1ccc(F)cc1)c1cn(C2CC2)nn1. The van der Waals surface area contributed by atoms with Crippen molar-refractivity contribution < 1.29 is 5.76 Å². The van der Waals surface area contributed by atoms with Crippen LogP contribution in [-0.2, 0) is 0 Å². The molecule has 3 aliphatic rings. The summed E-state index contributed by atoms with van der Waals surface area (Å²) in [6.45, 7) is 0. The molecule has 9 heteroatoms. The molecule has 0 bridgehead atoms. The molecule has 7 nitrogen and oxygen atoms in total. The molecule has 2 aromatic carbocycles. The molecule has 7 rings (SSSR count). The summed E-state index contributed by atoms with van der Waals surface area (Å²) in [6.07, 6.45) is 9.08. The Bertz CT molecular complexity index is 1590. The van der Waals surface area contributed by atoms with Crippen molar-refractivity contribution in [2.24, 2.45) is 11.8 Å². The first-order chi connectivity index (χ1) is 18.4. The second-order valence-electron chi connectivity index (χ2n) is 10.3. The van der Waals surface area contributed by atoms with Gasteiger partial charge in [0.15, 0.2) is 0 Å².